The summed E-state index contributed by atoms with van der Waals surface area (Å²) in [5.74, 6) is -3.90. The zero-order chi connectivity index (χ0) is 38.7. The Hall–Kier alpha value is -5.09. The fourth-order valence-electron chi connectivity index (χ4n) is 5.04. The first-order chi connectivity index (χ1) is 24.2. The summed E-state index contributed by atoms with van der Waals surface area (Å²) in [4.78, 5) is 67.0. The van der Waals surface area contributed by atoms with E-state index in [1.807, 2.05) is 5.01 Å². The number of amidine groups is 1. The lowest BCUT2D eigenvalue weighted by Crippen LogP contribution is -2.71. The highest BCUT2D eigenvalue weighted by Crippen LogP contribution is 2.41. The number of hydrazine groups is 1. The second kappa shape index (κ2) is 15.7. The normalized spacial score (nSPS) is 19.8. The van der Waals surface area contributed by atoms with Gasteiger partial charge in [-0.25, -0.2) is 9.59 Å². The Morgan fingerprint density at radius 2 is 1.94 bits per heavy atom. The molecule has 12 N–H and O–H groups in total. The molecule has 5 heterocycles. The van der Waals surface area contributed by atoms with Gasteiger partial charge in [-0.05, 0) is 32.4 Å². The van der Waals surface area contributed by atoms with Gasteiger partial charge in [0.1, 0.15) is 22.8 Å². The Morgan fingerprint density at radius 1 is 1.27 bits per heavy atom. The summed E-state index contributed by atoms with van der Waals surface area (Å²) in [6.45, 7) is 4.36. The summed E-state index contributed by atoms with van der Waals surface area (Å²) in [5, 5.41) is 36.8. The lowest BCUT2D eigenvalue weighted by atomic mass is 10.0. The Balaban J connectivity index is 0.00000113. The zero-order valence-electron chi connectivity index (χ0n) is 27.4. The molecule has 1 saturated heterocycles. The van der Waals surface area contributed by atoms with Crippen LogP contribution in [-0.2, 0) is 34.4 Å². The number of carboxylic acids is 2. The summed E-state index contributed by atoms with van der Waals surface area (Å²) >= 11 is 2.02. The third-order valence-electron chi connectivity index (χ3n) is 7.43. The molecule has 0 unspecified atom stereocenters. The number of aliphatic imine (C=N–C) groups is 1. The minimum atomic E-state index is -4.67. The van der Waals surface area contributed by atoms with Crippen molar-refractivity contribution in [2.75, 3.05) is 44.2 Å². The number of rotatable bonds is 13. The predicted molar refractivity (Wildman–Crippen MR) is 184 cm³/mol. The van der Waals surface area contributed by atoms with Crippen molar-refractivity contribution < 1.29 is 51.8 Å². The summed E-state index contributed by atoms with van der Waals surface area (Å²) in [7, 11) is -4.67. The number of hydrogen-bond acceptors (Lipinski definition) is 18. The van der Waals surface area contributed by atoms with Gasteiger partial charge < -0.3 is 42.5 Å². The number of anilines is 1. The number of nitrogen functional groups attached to an aromatic ring is 1. The molecule has 1 aromatic rings. The smallest absolute Gasteiger partial charge is 0.394 e. The van der Waals surface area contributed by atoms with Gasteiger partial charge in [0.05, 0.1) is 19.6 Å². The van der Waals surface area contributed by atoms with Crippen molar-refractivity contribution in [2.24, 2.45) is 21.6 Å². The van der Waals surface area contributed by atoms with Crippen molar-refractivity contribution in [1.29, 1.82) is 5.41 Å². The number of hydrogen-bond donors (Lipinski definition) is 9. The molecule has 1 aromatic heterocycles. The topological polar surface area (TPSA) is 370 Å². The summed E-state index contributed by atoms with van der Waals surface area (Å²) < 4.78 is 35.5. The molecule has 4 aliphatic heterocycles. The summed E-state index contributed by atoms with van der Waals surface area (Å²) in [6, 6.07) is -1.14. The second-order valence-electron chi connectivity index (χ2n) is 11.5. The average Bonchev–Trinajstić information content (AvgIpc) is 3.77. The van der Waals surface area contributed by atoms with Gasteiger partial charge >= 0.3 is 22.3 Å². The average molecular weight is 790 g/mol. The van der Waals surface area contributed by atoms with Crippen molar-refractivity contribution in [2.45, 2.75) is 37.3 Å². The number of oxime groups is 1. The van der Waals surface area contributed by atoms with E-state index < -0.39 is 56.9 Å². The molecule has 0 radical (unpaired) electrons. The highest BCUT2D eigenvalue weighted by Gasteiger charge is 2.55. The fraction of sp³-hybridized carbons (Fsp3) is 0.480. The first-order valence-electron chi connectivity index (χ1n) is 14.9. The molecule has 0 saturated carbocycles. The number of carbonyl (C=O) groups excluding carboxylic acids is 2. The van der Waals surface area contributed by atoms with Crippen molar-refractivity contribution in [1.82, 2.24) is 34.5 Å². The van der Waals surface area contributed by atoms with Crippen LogP contribution in [0.4, 0.5) is 5.13 Å². The van der Waals surface area contributed by atoms with Gasteiger partial charge in [-0.1, -0.05) is 5.16 Å². The minimum Gasteiger partial charge on any atom is -0.478 e. The zero-order valence-corrected chi connectivity index (χ0v) is 29.8. The quantitative estimate of drug-likeness (QED) is 0.0318. The molecular formula is C25H35N13O11S3. The molecule has 0 aliphatic carbocycles. The van der Waals surface area contributed by atoms with Gasteiger partial charge in [0.15, 0.2) is 16.9 Å². The molecule has 0 aromatic carbocycles. The number of nitrogens with one attached hydrogen (secondary N) is 2. The third kappa shape index (κ3) is 8.85. The first kappa shape index (κ1) is 39.7. The van der Waals surface area contributed by atoms with Crippen LogP contribution in [0.1, 0.15) is 26.1 Å². The van der Waals surface area contributed by atoms with E-state index in [0.717, 1.165) is 16.4 Å². The van der Waals surface area contributed by atoms with E-state index >= 15 is 0 Å². The van der Waals surface area contributed by atoms with Gasteiger partial charge in [-0.2, -0.15) is 17.8 Å². The van der Waals surface area contributed by atoms with E-state index in [4.69, 9.17) is 45.0 Å². The van der Waals surface area contributed by atoms with Crippen LogP contribution in [0.15, 0.2) is 33.3 Å². The maximum atomic E-state index is 13.4. The molecule has 284 valence electrons. The van der Waals surface area contributed by atoms with Gasteiger partial charge in [0.2, 0.25) is 17.1 Å². The van der Waals surface area contributed by atoms with E-state index in [-0.39, 0.29) is 34.9 Å². The van der Waals surface area contributed by atoms with Crippen LogP contribution in [0.3, 0.4) is 0 Å². The number of nitrogens with two attached hydrogens (primary N) is 3. The Bertz CT molecular complexity index is 1870. The monoisotopic (exact) mass is 789 g/mol. The van der Waals surface area contributed by atoms with Crippen molar-refractivity contribution in [3.8, 4) is 0 Å². The SMILES string of the molecule is CC(C)(O/N=C(\C(=O)N[C@@H]1C(=O)N2C(C(=O)O)=C(CN3C=C(N(CCCN)C(=N)N)C4=NCCN43)CS[C@H]12)c1nsc(N)n1)C(=O)O.O=S(=O)(O)O. The number of guanidine groups is 1. The molecule has 24 nitrogen and oxygen atoms in total. The molecule has 1 fully saturated rings. The van der Waals surface area contributed by atoms with Crippen LogP contribution in [0.25, 0.3) is 0 Å². The van der Waals surface area contributed by atoms with Crippen LogP contribution in [0.5, 0.6) is 0 Å². The summed E-state index contributed by atoms with van der Waals surface area (Å²) in [6.07, 6.45) is 2.33. The number of aromatic nitrogens is 2. The highest BCUT2D eigenvalue weighted by atomic mass is 32.3. The number of carboxylic acid groups (broad SMARTS) is 2. The Morgan fingerprint density at radius 3 is 2.50 bits per heavy atom. The second-order valence-corrected chi connectivity index (χ2v) is 14.3. The number of fused-ring (bicyclic) bond motifs is 2. The number of carbonyl (C=O) groups is 4. The molecular weight excluding hydrogens is 755 g/mol. The van der Waals surface area contributed by atoms with Gasteiger partial charge in [0.25, 0.3) is 11.8 Å². The predicted octanol–water partition coefficient (Wildman–Crippen LogP) is -2.88. The van der Waals surface area contributed by atoms with E-state index in [9.17, 15) is 29.4 Å². The van der Waals surface area contributed by atoms with Crippen LogP contribution < -0.4 is 22.5 Å². The van der Waals surface area contributed by atoms with Gasteiger partial charge in [-0.15, -0.1) is 11.8 Å². The number of amides is 2. The Labute approximate surface area is 303 Å². The molecule has 2 amide bonds. The fourth-order valence-corrected chi connectivity index (χ4v) is 6.81. The lowest BCUT2D eigenvalue weighted by molar-refractivity contribution is -0.161. The minimum absolute atomic E-state index is 0.00680. The van der Waals surface area contributed by atoms with Crippen LogP contribution >= 0.6 is 23.3 Å². The van der Waals surface area contributed by atoms with Crippen molar-refractivity contribution in [3.63, 3.8) is 0 Å². The molecule has 4 aliphatic rings. The Kier molecular flexibility index (Phi) is 11.9. The van der Waals surface area contributed by atoms with Crippen LogP contribution in [0.2, 0.25) is 0 Å². The number of aliphatic carboxylic acids is 2. The van der Waals surface area contributed by atoms with E-state index in [1.54, 1.807) is 16.1 Å². The lowest BCUT2D eigenvalue weighted by Gasteiger charge is -2.49. The van der Waals surface area contributed by atoms with Gasteiger partial charge in [0, 0.05) is 30.0 Å². The molecule has 0 bridgehead atoms. The van der Waals surface area contributed by atoms with Crippen molar-refractivity contribution in [3.05, 3.63) is 29.0 Å². The number of nitrogens with zero attached hydrogens (tertiary/aromatic N) is 8. The number of β-lactam (4-membered cyclic amide) rings is 1. The largest absolute Gasteiger partial charge is 0.478 e. The number of thioether (sulfide) groups is 1. The van der Waals surface area contributed by atoms with Crippen molar-refractivity contribution >= 4 is 80.1 Å². The summed E-state index contributed by atoms with van der Waals surface area (Å²) in [5.41, 5.74) is 15.7. The van der Waals surface area contributed by atoms with E-state index in [0.29, 0.717) is 49.7 Å². The third-order valence-corrected chi connectivity index (χ3v) is 9.32. The molecule has 52 heavy (non-hydrogen) atoms. The maximum absolute atomic E-state index is 13.4. The highest BCUT2D eigenvalue weighted by molar-refractivity contribution is 8.00. The molecule has 5 rings (SSSR count). The van der Waals surface area contributed by atoms with E-state index in [1.165, 1.54) is 25.6 Å². The standard InChI is InChI=1S/C25H33N13O7S2.H2O4S/c1-25(2,22(43)44)45-33-13(16-32-24(29)47-34-16)18(39)31-14-19(40)38-15(21(41)42)11(10-46-20(14)38)8-35-9-12(17-30-5-7-37(17)35)36(23(27)28)6-3-4-26;1-5(2,3)4/h9,14,20H,3-8,10,26H2,1-2H3,(H3,27,28)(H,31,39)(H,41,42)(H,43,44)(H2,29,32,34);(H2,1,2,3,4)/b33-13-;/t14-,20-;/m1./s1. The first-order valence-corrected chi connectivity index (χ1v) is 18.1. The van der Waals surface area contributed by atoms with Gasteiger partial charge in [-0.3, -0.25) is 44.0 Å². The maximum Gasteiger partial charge on any atom is 0.394 e. The molecule has 27 heteroatoms. The molecule has 0 spiro atoms. The molecule has 2 atom stereocenters. The van der Waals surface area contributed by atoms with Crippen LogP contribution in [-0.4, -0.2) is 154 Å². The van der Waals surface area contributed by atoms with E-state index in [2.05, 4.69) is 24.8 Å². The van der Waals surface area contributed by atoms with Crippen LogP contribution in [0, 0.1) is 5.41 Å².